The fraction of sp³-hybridized carbons (Fsp3) is 0.241. The van der Waals surface area contributed by atoms with Crippen LogP contribution in [0.2, 0.25) is 0 Å². The Bertz CT molecular complexity index is 1190. The van der Waals surface area contributed by atoms with Gasteiger partial charge in [0.2, 0.25) is 5.91 Å². The molecule has 7 heteroatoms. The third kappa shape index (κ3) is 6.31. The number of methoxy groups -OCH3 is 2. The second kappa shape index (κ2) is 12.0. The molecule has 0 aliphatic carbocycles. The van der Waals surface area contributed by atoms with E-state index < -0.39 is 0 Å². The van der Waals surface area contributed by atoms with Gasteiger partial charge in [0.25, 0.3) is 0 Å². The molecule has 4 aromatic rings. The summed E-state index contributed by atoms with van der Waals surface area (Å²) in [5.74, 6) is 1.60. The topological polar surface area (TPSA) is 74.6 Å². The van der Waals surface area contributed by atoms with Gasteiger partial charge >= 0.3 is 0 Å². The van der Waals surface area contributed by atoms with Crippen LogP contribution in [0.5, 0.6) is 11.5 Å². The third-order valence-electron chi connectivity index (χ3n) is 5.94. The van der Waals surface area contributed by atoms with Crippen molar-refractivity contribution in [3.63, 3.8) is 0 Å². The van der Waals surface area contributed by atoms with Gasteiger partial charge in [0.05, 0.1) is 45.7 Å². The van der Waals surface area contributed by atoms with Crippen LogP contribution in [0.15, 0.2) is 91.4 Å². The normalized spacial score (nSPS) is 11.8. The molecule has 0 spiro atoms. The molecule has 0 aliphatic heterocycles. The molecule has 1 aromatic heterocycles. The zero-order valence-electron chi connectivity index (χ0n) is 20.8. The molecule has 1 heterocycles. The molecule has 0 saturated heterocycles. The lowest BCUT2D eigenvalue weighted by molar-refractivity contribution is -0.121. The Balaban J connectivity index is 1.46. The Hall–Kier alpha value is -4.10. The molecule has 0 fully saturated rings. The van der Waals surface area contributed by atoms with Crippen molar-refractivity contribution in [2.75, 3.05) is 26.1 Å². The number of nitrogens with zero attached hydrogens (tertiary/aromatic N) is 2. The molecule has 1 atom stereocenters. The van der Waals surface area contributed by atoms with Crippen LogP contribution in [0.1, 0.15) is 29.7 Å². The number of imidazole rings is 1. The first-order valence-corrected chi connectivity index (χ1v) is 11.8. The second-order valence-electron chi connectivity index (χ2n) is 8.55. The zero-order valence-corrected chi connectivity index (χ0v) is 20.8. The Morgan fingerprint density at radius 1 is 0.889 bits per heavy atom. The standard InChI is InChI=1S/C29H31N3O4/c1-21(18-36-19-22-7-5-4-6-8-22)29(33)31-27-17-32(20-30-27)28(23-9-13-25(34-2)14-10-23)24-11-15-26(35-3)16-12-24/h4-17,20-21,28H,18-19H2,1-3H3,(H,31,33)/t21-/m1/s1. The average molecular weight is 486 g/mol. The van der Waals surface area contributed by atoms with Crippen molar-refractivity contribution in [1.82, 2.24) is 9.55 Å². The lowest BCUT2D eigenvalue weighted by Crippen LogP contribution is -2.24. The first-order chi connectivity index (χ1) is 17.6. The van der Waals surface area contributed by atoms with Gasteiger partial charge < -0.3 is 24.1 Å². The number of carbonyl (C=O) groups is 1. The number of hydrogen-bond acceptors (Lipinski definition) is 5. The molecule has 1 N–H and O–H groups in total. The molecule has 36 heavy (non-hydrogen) atoms. The van der Waals surface area contributed by atoms with Crippen LogP contribution in [-0.4, -0.2) is 36.3 Å². The van der Waals surface area contributed by atoms with Crippen molar-refractivity contribution < 1.29 is 19.0 Å². The fourth-order valence-electron chi connectivity index (χ4n) is 3.90. The van der Waals surface area contributed by atoms with Crippen molar-refractivity contribution in [2.24, 2.45) is 5.92 Å². The van der Waals surface area contributed by atoms with Crippen LogP contribution in [0.4, 0.5) is 5.82 Å². The molecule has 0 unspecified atom stereocenters. The quantitative estimate of drug-likeness (QED) is 0.311. The number of ether oxygens (including phenoxy) is 3. The summed E-state index contributed by atoms with van der Waals surface area (Å²) in [6.45, 7) is 2.63. The van der Waals surface area contributed by atoms with Gasteiger partial charge in [-0.15, -0.1) is 0 Å². The number of benzene rings is 3. The van der Waals surface area contributed by atoms with Gasteiger partial charge in [0.1, 0.15) is 11.5 Å². The molecule has 7 nitrogen and oxygen atoms in total. The minimum Gasteiger partial charge on any atom is -0.497 e. The number of anilines is 1. The van der Waals surface area contributed by atoms with Crippen LogP contribution < -0.4 is 14.8 Å². The summed E-state index contributed by atoms with van der Waals surface area (Å²) >= 11 is 0. The molecule has 0 bridgehead atoms. The minimum atomic E-state index is -0.321. The summed E-state index contributed by atoms with van der Waals surface area (Å²) in [5, 5.41) is 2.91. The molecule has 3 aromatic carbocycles. The number of carbonyl (C=O) groups excluding carboxylic acids is 1. The van der Waals surface area contributed by atoms with Crippen LogP contribution in [-0.2, 0) is 16.1 Å². The Labute approximate surface area is 211 Å². The molecule has 186 valence electrons. The predicted octanol–water partition coefficient (Wildman–Crippen LogP) is 5.33. The highest BCUT2D eigenvalue weighted by atomic mass is 16.5. The van der Waals surface area contributed by atoms with E-state index in [0.29, 0.717) is 19.0 Å². The van der Waals surface area contributed by atoms with E-state index in [4.69, 9.17) is 14.2 Å². The van der Waals surface area contributed by atoms with E-state index in [1.165, 1.54) is 0 Å². The molecular weight excluding hydrogens is 454 g/mol. The number of rotatable bonds is 11. The van der Waals surface area contributed by atoms with Gasteiger partial charge in [0.15, 0.2) is 5.82 Å². The smallest absolute Gasteiger partial charge is 0.230 e. The number of aromatic nitrogens is 2. The average Bonchev–Trinajstić information content (AvgIpc) is 3.37. The lowest BCUT2D eigenvalue weighted by atomic mass is 9.98. The maximum absolute atomic E-state index is 12.7. The van der Waals surface area contributed by atoms with Crippen LogP contribution in [0.3, 0.4) is 0 Å². The summed E-state index contributed by atoms with van der Waals surface area (Å²) < 4.78 is 18.4. The molecule has 4 rings (SSSR count). The maximum Gasteiger partial charge on any atom is 0.230 e. The molecule has 1 amide bonds. The number of nitrogens with one attached hydrogen (secondary N) is 1. The summed E-state index contributed by atoms with van der Waals surface area (Å²) in [5.41, 5.74) is 3.19. The van der Waals surface area contributed by atoms with E-state index in [0.717, 1.165) is 28.2 Å². The Morgan fingerprint density at radius 2 is 1.47 bits per heavy atom. The van der Waals surface area contributed by atoms with Crippen molar-refractivity contribution in [3.05, 3.63) is 108 Å². The summed E-state index contributed by atoms with van der Waals surface area (Å²) in [6.07, 6.45) is 3.57. The minimum absolute atomic E-state index is 0.140. The van der Waals surface area contributed by atoms with Gasteiger partial charge in [0, 0.05) is 6.20 Å². The van der Waals surface area contributed by atoms with E-state index in [9.17, 15) is 4.79 Å². The molecule has 0 radical (unpaired) electrons. The van der Waals surface area contributed by atoms with E-state index in [1.54, 1.807) is 20.5 Å². The van der Waals surface area contributed by atoms with E-state index in [-0.39, 0.29) is 17.9 Å². The van der Waals surface area contributed by atoms with E-state index >= 15 is 0 Å². The largest absolute Gasteiger partial charge is 0.497 e. The summed E-state index contributed by atoms with van der Waals surface area (Å²) in [6, 6.07) is 25.6. The monoisotopic (exact) mass is 485 g/mol. The van der Waals surface area contributed by atoms with Crippen LogP contribution in [0, 0.1) is 5.92 Å². The fourth-order valence-corrected chi connectivity index (χ4v) is 3.90. The number of hydrogen-bond donors (Lipinski definition) is 1. The highest BCUT2D eigenvalue weighted by molar-refractivity contribution is 5.91. The Morgan fingerprint density at radius 3 is 2.03 bits per heavy atom. The summed E-state index contributed by atoms with van der Waals surface area (Å²) in [7, 11) is 3.29. The van der Waals surface area contributed by atoms with E-state index in [1.807, 2.05) is 96.6 Å². The predicted molar refractivity (Wildman–Crippen MR) is 139 cm³/mol. The zero-order chi connectivity index (χ0) is 25.3. The van der Waals surface area contributed by atoms with Gasteiger partial charge in [-0.3, -0.25) is 4.79 Å². The lowest BCUT2D eigenvalue weighted by Gasteiger charge is -2.20. The van der Waals surface area contributed by atoms with Gasteiger partial charge in [-0.1, -0.05) is 61.5 Å². The number of amides is 1. The SMILES string of the molecule is COc1ccc(C(c2ccc(OC)cc2)n2cnc(NC(=O)[C@H](C)COCc3ccccc3)c2)cc1. The van der Waals surface area contributed by atoms with Crippen molar-refractivity contribution >= 4 is 11.7 Å². The van der Waals surface area contributed by atoms with Gasteiger partial charge in [-0.25, -0.2) is 4.98 Å². The molecular formula is C29H31N3O4. The first-order valence-electron chi connectivity index (χ1n) is 11.8. The first kappa shape index (κ1) is 25.0. The summed E-state index contributed by atoms with van der Waals surface area (Å²) in [4.78, 5) is 17.2. The van der Waals surface area contributed by atoms with Gasteiger partial charge in [-0.05, 0) is 41.0 Å². The highest BCUT2D eigenvalue weighted by Crippen LogP contribution is 2.30. The van der Waals surface area contributed by atoms with Crippen molar-refractivity contribution in [2.45, 2.75) is 19.6 Å². The third-order valence-corrected chi connectivity index (χ3v) is 5.94. The molecule has 0 aliphatic rings. The van der Waals surface area contributed by atoms with Crippen molar-refractivity contribution in [1.29, 1.82) is 0 Å². The van der Waals surface area contributed by atoms with Gasteiger partial charge in [-0.2, -0.15) is 0 Å². The highest BCUT2D eigenvalue weighted by Gasteiger charge is 2.19. The van der Waals surface area contributed by atoms with E-state index in [2.05, 4.69) is 10.3 Å². The van der Waals surface area contributed by atoms with Crippen LogP contribution >= 0.6 is 0 Å². The maximum atomic E-state index is 12.7. The molecule has 0 saturated carbocycles. The second-order valence-corrected chi connectivity index (χ2v) is 8.55. The van der Waals surface area contributed by atoms with Crippen molar-refractivity contribution in [3.8, 4) is 11.5 Å². The van der Waals surface area contributed by atoms with Crippen LogP contribution in [0.25, 0.3) is 0 Å². The Kier molecular flexibility index (Phi) is 8.36.